The van der Waals surface area contributed by atoms with Crippen molar-refractivity contribution in [3.63, 3.8) is 0 Å². The van der Waals surface area contributed by atoms with Gasteiger partial charge in [-0.25, -0.2) is 0 Å². The zero-order valence-corrected chi connectivity index (χ0v) is 24.4. The molecule has 1 atom stereocenters. The summed E-state index contributed by atoms with van der Waals surface area (Å²) in [6.45, 7) is 4.49. The first-order valence-electron chi connectivity index (χ1n) is 14.2. The van der Waals surface area contributed by atoms with Gasteiger partial charge < -0.3 is 15.2 Å². The maximum Gasteiger partial charge on any atom is 0.281 e. The number of hydrogen-bond donors (Lipinski definition) is 3. The van der Waals surface area contributed by atoms with E-state index < -0.39 is 17.4 Å². The van der Waals surface area contributed by atoms with Crippen molar-refractivity contribution in [3.8, 4) is 0 Å². The van der Waals surface area contributed by atoms with E-state index in [-0.39, 0.29) is 25.5 Å². The second kappa shape index (κ2) is 13.4. The van der Waals surface area contributed by atoms with Gasteiger partial charge in [0.05, 0.1) is 24.3 Å². The summed E-state index contributed by atoms with van der Waals surface area (Å²) in [6.07, 6.45) is 1.46. The standard InChI is InChI=1S/C33H38N4O5/c1-24(36(42)22-25-12-5-4-6-13-25)34-19-10-9-18-33(2,37-30(39)28-16-7-8-17-29(28)31(37)40)32(41)35(3)21-26-14-11-15-27(20-26)23-38/h4-8,11-17,20,38,42H,9-10,18-19,21-23H2,1-3H3/p+1. The first-order valence-corrected chi connectivity index (χ1v) is 14.2. The monoisotopic (exact) mass is 571 g/mol. The van der Waals surface area contributed by atoms with Gasteiger partial charge in [0.2, 0.25) is 5.91 Å². The fourth-order valence-electron chi connectivity index (χ4n) is 5.36. The number of hydroxylamine groups is 1. The van der Waals surface area contributed by atoms with Crippen molar-refractivity contribution in [1.29, 1.82) is 0 Å². The van der Waals surface area contributed by atoms with Crippen LogP contribution in [0.25, 0.3) is 0 Å². The summed E-state index contributed by atoms with van der Waals surface area (Å²) in [5.41, 5.74) is 1.73. The van der Waals surface area contributed by atoms with Crippen LogP contribution in [0.4, 0.5) is 0 Å². The Hall–Kier alpha value is -4.50. The van der Waals surface area contributed by atoms with Crippen LogP contribution in [0, 0.1) is 0 Å². The van der Waals surface area contributed by atoms with E-state index in [0.717, 1.165) is 26.3 Å². The van der Waals surface area contributed by atoms with Gasteiger partial charge in [0.15, 0.2) is 6.54 Å². The number of carbonyl (C=O) groups excluding carboxylic acids is 3. The van der Waals surface area contributed by atoms with Gasteiger partial charge >= 0.3 is 0 Å². The Bertz CT molecular complexity index is 1440. The lowest BCUT2D eigenvalue weighted by Crippen LogP contribution is -2.59. The number of amides is 3. The molecule has 3 aromatic carbocycles. The van der Waals surface area contributed by atoms with Crippen molar-refractivity contribution >= 4 is 23.6 Å². The topological polar surface area (TPSA) is 113 Å². The quantitative estimate of drug-likeness (QED) is 0.0577. The van der Waals surface area contributed by atoms with E-state index in [1.807, 2.05) is 48.5 Å². The Balaban J connectivity index is 1.47. The maximum atomic E-state index is 14.1. The highest BCUT2D eigenvalue weighted by Gasteiger charge is 2.51. The summed E-state index contributed by atoms with van der Waals surface area (Å²) in [5.74, 6) is -0.683. The molecular weight excluding hydrogens is 532 g/mol. The lowest BCUT2D eigenvalue weighted by atomic mass is 9.90. The smallest absolute Gasteiger partial charge is 0.281 e. The van der Waals surface area contributed by atoms with Gasteiger partial charge in [0, 0.05) is 20.5 Å². The van der Waals surface area contributed by atoms with Crippen LogP contribution >= 0.6 is 0 Å². The van der Waals surface area contributed by atoms with Crippen molar-refractivity contribution in [2.24, 2.45) is 0 Å². The molecule has 3 N–H and O–H groups in total. The average molecular weight is 572 g/mol. The second-order valence-corrected chi connectivity index (χ2v) is 10.9. The molecule has 4 rings (SSSR count). The fourth-order valence-corrected chi connectivity index (χ4v) is 5.36. The molecule has 3 aromatic rings. The Morgan fingerprint density at radius 1 is 0.905 bits per heavy atom. The number of carbonyl (C=O) groups is 3. The summed E-state index contributed by atoms with van der Waals surface area (Å²) >= 11 is 0. The molecule has 3 amide bonds. The van der Waals surface area contributed by atoms with Gasteiger partial charge in [0.1, 0.15) is 5.54 Å². The molecular formula is C33H39N4O5+. The number of benzene rings is 3. The van der Waals surface area contributed by atoms with Crippen LogP contribution in [0.1, 0.15) is 70.5 Å². The third-order valence-corrected chi connectivity index (χ3v) is 7.72. The molecule has 1 unspecified atom stereocenters. The number of nitrogens with zero attached hydrogens (tertiary/aromatic N) is 3. The molecule has 0 radical (unpaired) electrons. The predicted octanol–water partition coefficient (Wildman–Crippen LogP) is 3.97. The largest absolute Gasteiger partial charge is 0.392 e. The number of imide groups is 1. The van der Waals surface area contributed by atoms with Crippen LogP contribution in [0.2, 0.25) is 0 Å². The van der Waals surface area contributed by atoms with E-state index in [2.05, 4.69) is 5.32 Å². The van der Waals surface area contributed by atoms with E-state index in [9.17, 15) is 24.7 Å². The van der Waals surface area contributed by atoms with Crippen LogP contribution in [0.15, 0.2) is 78.9 Å². The van der Waals surface area contributed by atoms with E-state index in [0.29, 0.717) is 42.9 Å². The Labute approximate surface area is 246 Å². The van der Waals surface area contributed by atoms with E-state index >= 15 is 0 Å². The molecule has 9 nitrogen and oxygen atoms in total. The molecule has 0 fully saturated rings. The molecule has 0 saturated heterocycles. The number of likely N-dealkylation sites (N-methyl/N-ethyl adjacent to an activating group) is 1. The number of unbranched alkanes of at least 4 members (excludes halogenated alkanes) is 1. The number of fused-ring (bicyclic) bond motifs is 1. The molecule has 9 heteroatoms. The summed E-state index contributed by atoms with van der Waals surface area (Å²) in [5, 5.41) is 23.1. The molecule has 42 heavy (non-hydrogen) atoms. The molecule has 0 aromatic heterocycles. The van der Waals surface area contributed by atoms with Crippen molar-refractivity contribution in [3.05, 3.63) is 107 Å². The third kappa shape index (κ3) is 6.69. The van der Waals surface area contributed by atoms with Crippen molar-refractivity contribution in [2.45, 2.75) is 58.3 Å². The Morgan fingerprint density at radius 3 is 2.14 bits per heavy atom. The third-order valence-electron chi connectivity index (χ3n) is 7.72. The highest BCUT2D eigenvalue weighted by molar-refractivity contribution is 6.23. The van der Waals surface area contributed by atoms with E-state index in [1.54, 1.807) is 51.2 Å². The number of hydrogen-bond acceptors (Lipinski definition) is 5. The fraction of sp³-hybridized carbons (Fsp3) is 0.333. The molecule has 1 aliphatic heterocycles. The number of rotatable bonds is 12. The van der Waals surface area contributed by atoms with Gasteiger partial charge in [-0.05, 0) is 55.0 Å². The molecule has 220 valence electrons. The van der Waals surface area contributed by atoms with Gasteiger partial charge in [-0.15, -0.1) is 0 Å². The zero-order chi connectivity index (χ0) is 30.3. The molecule has 1 heterocycles. The Morgan fingerprint density at radius 2 is 1.50 bits per heavy atom. The van der Waals surface area contributed by atoms with Crippen LogP contribution in [-0.2, 0) is 24.5 Å². The number of nitrogens with one attached hydrogen (secondary N) is 1. The predicted molar refractivity (Wildman–Crippen MR) is 159 cm³/mol. The molecule has 0 saturated carbocycles. The van der Waals surface area contributed by atoms with Crippen LogP contribution in [0.3, 0.4) is 0 Å². The summed E-state index contributed by atoms with van der Waals surface area (Å²) in [7, 11) is 1.66. The van der Waals surface area contributed by atoms with Crippen molar-refractivity contribution < 1.29 is 29.4 Å². The summed E-state index contributed by atoms with van der Waals surface area (Å²) in [6, 6.07) is 23.6. The van der Waals surface area contributed by atoms with Crippen LogP contribution in [0.5, 0.6) is 0 Å². The normalized spacial score (nSPS) is 14.7. The van der Waals surface area contributed by atoms with Crippen molar-refractivity contribution in [1.82, 2.24) is 15.1 Å². The minimum atomic E-state index is -1.41. The van der Waals surface area contributed by atoms with Crippen LogP contribution < -0.4 is 5.32 Å². The van der Waals surface area contributed by atoms with E-state index in [4.69, 9.17) is 0 Å². The maximum absolute atomic E-state index is 14.1. The average Bonchev–Trinajstić information content (AvgIpc) is 3.26. The van der Waals surface area contributed by atoms with Crippen molar-refractivity contribution in [2.75, 3.05) is 13.6 Å². The number of aliphatic hydroxyl groups excluding tert-OH is 1. The van der Waals surface area contributed by atoms with Gasteiger partial charge in [-0.3, -0.25) is 24.6 Å². The summed E-state index contributed by atoms with van der Waals surface area (Å²) < 4.78 is 1.16. The SMILES string of the molecule is CC(NCCCCC(C)(C(=O)N(C)Cc1cccc(CO)c1)N1C(=O)c2ccccc2C1=O)=[N+](O)Cc1ccccc1. The molecule has 1 aliphatic rings. The lowest BCUT2D eigenvalue weighted by Gasteiger charge is -2.39. The number of amidine groups is 1. The minimum absolute atomic E-state index is 0.108. The van der Waals surface area contributed by atoms with Gasteiger partial charge in [0.25, 0.3) is 17.6 Å². The summed E-state index contributed by atoms with van der Waals surface area (Å²) in [4.78, 5) is 43.7. The zero-order valence-electron chi connectivity index (χ0n) is 24.4. The van der Waals surface area contributed by atoms with E-state index in [1.165, 1.54) is 4.90 Å². The first-order chi connectivity index (χ1) is 20.2. The lowest BCUT2D eigenvalue weighted by molar-refractivity contribution is -0.788. The molecule has 0 aliphatic carbocycles. The molecule has 0 spiro atoms. The second-order valence-electron chi connectivity index (χ2n) is 10.9. The molecule has 0 bridgehead atoms. The highest BCUT2D eigenvalue weighted by Crippen LogP contribution is 2.34. The highest BCUT2D eigenvalue weighted by atomic mass is 16.5. The Kier molecular flexibility index (Phi) is 9.75. The van der Waals surface area contributed by atoms with Gasteiger partial charge in [-0.2, -0.15) is 0 Å². The first kappa shape index (κ1) is 30.5. The minimum Gasteiger partial charge on any atom is -0.392 e. The van der Waals surface area contributed by atoms with Gasteiger partial charge in [-0.1, -0.05) is 71.5 Å². The van der Waals surface area contributed by atoms with Crippen LogP contribution in [-0.4, -0.2) is 67.5 Å². The number of aliphatic hydroxyl groups is 1.